The van der Waals surface area contributed by atoms with Gasteiger partial charge in [0.15, 0.2) is 74.2 Å². The van der Waals surface area contributed by atoms with Crippen LogP contribution < -0.4 is 186 Å². The molecule has 12 rings (SSSR count). The minimum absolute atomic E-state index is 0. The molecule has 0 saturated carbocycles. The molecule has 765 valence electrons. The van der Waals surface area contributed by atoms with Crippen LogP contribution in [0, 0.1) is 39.0 Å². The SMILES string of the molecule is BrBr.CC#N.CC(=O)c1ccc(OC(F)(F)F)cc1.COC(=O)COc1ccc(O)cc1C.COC(=O)COc1ccc(OCc2nc(Br)c(-c3ccc(OC(F)(F)F)cc3)o2)cc1C.Cc1nc(Br)c(-c2ccc(OC(F)(F)F)cc2)o1.Cc1ncc(-c2ccc(OC(F)(F)F)cc2)o1.FC(F)(F)Oc1ccc(-c2oc(CBr)nc2Br)cc1.O=CO[O-].[B]=NS.[Cs+].[Cs+].[H-].[N-]=[N+]=CC(=O)c1ccc(OC(F)(F)F)cc1. The van der Waals surface area contributed by atoms with E-state index < -0.39 is 61.6 Å². The number of ether oxygens (including phenoxy) is 11. The first-order valence-electron chi connectivity index (χ1n) is 37.5. The number of esters is 2. The number of hydrogen-bond acceptors (Lipinski definition) is 30. The van der Waals surface area contributed by atoms with Gasteiger partial charge in [0, 0.05) is 82.4 Å². The van der Waals surface area contributed by atoms with Crippen LogP contribution in [-0.4, -0.2) is 139 Å². The van der Waals surface area contributed by atoms with Crippen LogP contribution in [0.1, 0.15) is 70.7 Å². The van der Waals surface area contributed by atoms with E-state index in [0.717, 1.165) is 47.5 Å². The average molecular weight is 2700 g/mol. The number of Topliss-reactive ketones (excluding diaryl/α,β-unsaturated/α-hetero) is 2. The monoisotopic (exact) mass is 2690 g/mol. The molecule has 0 aliphatic rings. The van der Waals surface area contributed by atoms with Crippen LogP contribution in [0.2, 0.25) is 0 Å². The van der Waals surface area contributed by atoms with Crippen molar-refractivity contribution in [3.8, 4) is 109 Å². The van der Waals surface area contributed by atoms with Gasteiger partial charge in [-0.05, 0) is 262 Å². The molecular weight excluding hydrogens is 2630 g/mol. The minimum Gasteiger partial charge on any atom is -1.00 e. The topological polar surface area (TPSA) is 416 Å². The Morgan fingerprint density at radius 2 is 0.812 bits per heavy atom. The number of methoxy groups -OCH3 is 2. The Bertz CT molecular complexity index is 6030. The van der Waals surface area contributed by atoms with Gasteiger partial charge in [0.2, 0.25) is 11.8 Å². The van der Waals surface area contributed by atoms with Gasteiger partial charge in [0.1, 0.15) is 57.5 Å². The number of phenolic OH excluding ortho intramolecular Hbond substituents is 1. The van der Waals surface area contributed by atoms with E-state index in [1.807, 2.05) is 0 Å². The van der Waals surface area contributed by atoms with Crippen LogP contribution in [0.15, 0.2) is 224 Å². The molecule has 1 radical (unpaired) electrons. The maximum absolute atomic E-state index is 12.3. The van der Waals surface area contributed by atoms with Crippen molar-refractivity contribution >= 4 is 149 Å². The predicted octanol–water partition coefficient (Wildman–Crippen LogP) is 19.3. The van der Waals surface area contributed by atoms with Crippen molar-refractivity contribution in [3.63, 3.8) is 0 Å². The molecule has 0 unspecified atom stereocenters. The minimum atomic E-state index is -4.77. The van der Waals surface area contributed by atoms with Crippen molar-refractivity contribution in [2.75, 3.05) is 27.4 Å². The van der Waals surface area contributed by atoms with E-state index in [4.69, 9.17) is 57.8 Å². The molecule has 4 heterocycles. The van der Waals surface area contributed by atoms with Gasteiger partial charge in [0.05, 0.1) is 31.8 Å². The number of carbonyl (C=O) groups excluding carboxylic acids is 5. The van der Waals surface area contributed by atoms with Crippen molar-refractivity contribution in [3.05, 3.63) is 253 Å². The Morgan fingerprint density at radius 3 is 1.10 bits per heavy atom. The molecule has 0 spiro atoms. The van der Waals surface area contributed by atoms with Crippen molar-refractivity contribution in [2.45, 2.75) is 91.7 Å². The summed E-state index contributed by atoms with van der Waals surface area (Å²) in [4.78, 5) is 73.8. The van der Waals surface area contributed by atoms with Gasteiger partial charge in [-0.25, -0.2) is 29.5 Å². The zero-order valence-corrected chi connectivity index (χ0v) is 98.0. The second kappa shape index (κ2) is 68.6. The summed E-state index contributed by atoms with van der Waals surface area (Å²) in [6.45, 7) is 9.21. The predicted molar refractivity (Wildman–Crippen MR) is 488 cm³/mol. The first kappa shape index (κ1) is 135. The van der Waals surface area contributed by atoms with Crippen molar-refractivity contribution in [1.82, 2.24) is 19.9 Å². The number of phenols is 1. The van der Waals surface area contributed by atoms with E-state index in [0.29, 0.717) is 111 Å². The van der Waals surface area contributed by atoms with Crippen LogP contribution in [0.5, 0.6) is 57.5 Å². The zero-order chi connectivity index (χ0) is 107. The third kappa shape index (κ3) is 57.4. The molecule has 0 aliphatic heterocycles. The Hall–Kier alpha value is -8.88. The van der Waals surface area contributed by atoms with E-state index >= 15 is 0 Å². The van der Waals surface area contributed by atoms with E-state index in [2.05, 4.69) is 184 Å². The van der Waals surface area contributed by atoms with Crippen molar-refractivity contribution in [1.29, 1.82) is 5.26 Å². The van der Waals surface area contributed by atoms with E-state index in [9.17, 15) is 98.2 Å². The largest absolute Gasteiger partial charge is 1.00 e. The van der Waals surface area contributed by atoms with Crippen LogP contribution in [0.25, 0.3) is 50.8 Å². The normalized spacial score (nSPS) is 10.3. The molecule has 4 aromatic heterocycles. The third-order valence-electron chi connectivity index (χ3n) is 15.0. The number of hydrogen-bond donors (Lipinski definition) is 2. The number of aryl methyl sites for hydroxylation is 4. The number of oxazole rings is 4. The first-order valence-corrected chi connectivity index (χ1v) is 45.1. The van der Waals surface area contributed by atoms with Gasteiger partial charge in [-0.2, -0.15) is 10.1 Å². The summed E-state index contributed by atoms with van der Waals surface area (Å²) in [6.07, 6.45) is -26.1. The van der Waals surface area contributed by atoms with E-state index in [1.54, 1.807) is 64.1 Å². The van der Waals surface area contributed by atoms with Crippen molar-refractivity contribution < 1.29 is 332 Å². The third-order valence-corrected chi connectivity index (χ3v) is 17.1. The van der Waals surface area contributed by atoms with E-state index in [-0.39, 0.29) is 217 Å². The molecule has 144 heavy (non-hydrogen) atoms. The fraction of sp³-hybridized carbons (Fsp3) is 0.212. The van der Waals surface area contributed by atoms with Crippen LogP contribution in [-0.2, 0) is 40.7 Å². The standard InChI is InChI=1S/C21H17BrF3NO6.C11H6Br2F3NO2.C11H7BrF3NO2.C11H8F3NO2.C10H12O4.C9H5F3N2O2.C9H7F3O2.C2H3N.CH2O3.BHNS.Br2.2Cs.H/c1-12-9-15(7-8-16(12)30-11-18(27)28-2)29-10-17-26-20(22)19(31-17)13-3-5-14(6-4-13)32-21(23,24)25;12-5-8-17-10(13)9(18-8)6-1-3-7(4-2-6)19-11(14,15)16;1-6-16-10(12)9(17-6)7-2-4-8(5-3-7)18-11(13,14)15;1-7-15-6-10(16-7)8-2-4-9(5-3-8)17-11(12,13)14;1-7-5-8(11)3-4-9(7)14-6-10(12)13-2;10-9(11,12)16-7-3-1-6(2-4-7)8(15)5-14-13;1-6(13)7-2-4-8(5-3-7)14-9(10,11)12;1-2-3;2-1-4-3;1-2-3;1-2;;;/h3-9H,10-11H2,1-2H3;1-4H,5H2;2-5H,1H3;2-6H,1H3;3-5,11H,6H2,1-2H3;1-5H;2-5H,1H3;1H3;1,3H;3H;;;;/q;;;;;;;;;;;2*+1;-1/p-1. The Balaban J connectivity index is 0. The average Bonchev–Trinajstić information content (AvgIpc) is 1.70. The molecule has 0 bridgehead atoms. The van der Waals surface area contributed by atoms with Crippen LogP contribution in [0.3, 0.4) is 0 Å². The second-order valence-corrected chi connectivity index (χ2v) is 28.3. The summed E-state index contributed by atoms with van der Waals surface area (Å²) in [5.74, 6) is 1.54. The van der Waals surface area contributed by atoms with Crippen molar-refractivity contribution in [2.24, 2.45) is 4.30 Å². The molecule has 0 saturated heterocycles. The Morgan fingerprint density at radius 1 is 0.507 bits per heavy atom. The van der Waals surface area contributed by atoms with Gasteiger partial charge in [-0.1, -0.05) is 15.9 Å². The molecule has 0 fully saturated rings. The molecular formula is C85H68BBr6Cs2F18N8O23S. The molecule has 59 heteroatoms. The number of thiol groups is 1. The fourth-order valence-corrected chi connectivity index (χ4v) is 11.3. The number of rotatable bonds is 24. The second-order valence-electron chi connectivity index (χ2n) is 25.2. The molecule has 12 aromatic rings. The molecule has 31 nitrogen and oxygen atoms in total. The summed E-state index contributed by atoms with van der Waals surface area (Å²) in [6, 6.07) is 41.8. The Labute approximate surface area is 978 Å². The molecule has 8 aromatic carbocycles. The molecule has 0 aliphatic carbocycles. The van der Waals surface area contributed by atoms with Gasteiger partial charge in [0.25, 0.3) is 12.3 Å². The van der Waals surface area contributed by atoms with E-state index in [1.165, 1.54) is 150 Å². The molecule has 0 atom stereocenters. The smallest absolute Gasteiger partial charge is 1.00 e. The van der Waals surface area contributed by atoms with Gasteiger partial charge >= 0.3 is 219 Å². The number of nitrogens with zero attached hydrogens (tertiary/aromatic N) is 8. The molecule has 1 N–H and O–H groups in total. The van der Waals surface area contributed by atoms with Gasteiger partial charge in [-0.3, -0.25) is 14.4 Å². The summed E-state index contributed by atoms with van der Waals surface area (Å²) in [5.41, 5.74) is 12.4. The van der Waals surface area contributed by atoms with Crippen LogP contribution in [0.4, 0.5) is 79.0 Å². The summed E-state index contributed by atoms with van der Waals surface area (Å²) < 4.78 is 288. The fourth-order valence-electron chi connectivity index (χ4n) is 9.52. The quantitative estimate of drug-likeness (QED) is 0.00461. The number of alkyl halides is 19. The first-order chi connectivity index (χ1) is 66.5. The maximum atomic E-state index is 12.3. The summed E-state index contributed by atoms with van der Waals surface area (Å²) >= 11 is 21.6. The number of ketones is 2. The zero-order valence-electron chi connectivity index (χ0n) is 76.0. The summed E-state index contributed by atoms with van der Waals surface area (Å²) in [5, 5.41) is 25.3. The number of benzene rings is 8. The summed E-state index contributed by atoms with van der Waals surface area (Å²) in [7, 11) is 6.91. The number of aromatic hydroxyl groups is 1. The number of nitriles is 1. The number of carbonyl (C=O) groups is 5. The molecule has 0 amide bonds. The number of aromatic nitrogens is 4. The Kier molecular flexibility index (Phi) is 64.4. The maximum Gasteiger partial charge on any atom is 1.00 e. The number of halogens is 24. The van der Waals surface area contributed by atoms with Gasteiger partial charge < -0.3 is 92.0 Å². The van der Waals surface area contributed by atoms with Crippen LogP contribution >= 0.6 is 105 Å². The van der Waals surface area contributed by atoms with Gasteiger partial charge in [-0.15, -0.1) is 79.0 Å².